The predicted octanol–water partition coefficient (Wildman–Crippen LogP) is 9.94. The summed E-state index contributed by atoms with van der Waals surface area (Å²) in [5.41, 5.74) is 9.43. The first-order valence-corrected chi connectivity index (χ1v) is 14.6. The van der Waals surface area contributed by atoms with E-state index in [2.05, 4.69) is 110 Å². The van der Waals surface area contributed by atoms with Crippen LogP contribution in [0.2, 0.25) is 0 Å². The lowest BCUT2D eigenvalue weighted by Gasteiger charge is -2.22. The lowest BCUT2D eigenvalue weighted by molar-refractivity contribution is 0.670. The molecular formula is C37H30N4O. The molecule has 4 aromatic carbocycles. The Hall–Kier alpha value is -5.03. The van der Waals surface area contributed by atoms with Crippen LogP contribution in [0.5, 0.6) is 0 Å². The number of aromatic nitrogens is 4. The lowest BCUT2D eigenvalue weighted by Crippen LogP contribution is -2.08. The van der Waals surface area contributed by atoms with Crippen molar-refractivity contribution >= 4 is 54.6 Å². The van der Waals surface area contributed by atoms with Crippen molar-refractivity contribution < 1.29 is 4.42 Å². The monoisotopic (exact) mass is 546 g/mol. The molecule has 0 aliphatic heterocycles. The predicted molar refractivity (Wildman–Crippen MR) is 173 cm³/mol. The van der Waals surface area contributed by atoms with Gasteiger partial charge in [-0.3, -0.25) is 14.5 Å². The molecule has 0 amide bonds. The van der Waals surface area contributed by atoms with E-state index < -0.39 is 0 Å². The molecule has 0 radical (unpaired) electrons. The Morgan fingerprint density at radius 2 is 1.48 bits per heavy atom. The Morgan fingerprint density at radius 3 is 2.29 bits per heavy atom. The number of furan rings is 1. The van der Waals surface area contributed by atoms with E-state index in [1.54, 1.807) is 6.20 Å². The van der Waals surface area contributed by atoms with E-state index >= 15 is 0 Å². The molecule has 0 aliphatic carbocycles. The number of hydrogen-bond acceptors (Lipinski definition) is 4. The maximum atomic E-state index is 6.74. The van der Waals surface area contributed by atoms with E-state index in [9.17, 15) is 0 Å². The average molecular weight is 547 g/mol. The minimum Gasteiger partial charge on any atom is -0.455 e. The van der Waals surface area contributed by atoms with Crippen LogP contribution in [0, 0.1) is 0 Å². The zero-order chi connectivity index (χ0) is 28.5. The zero-order valence-corrected chi connectivity index (χ0v) is 24.1. The van der Waals surface area contributed by atoms with E-state index in [4.69, 9.17) is 14.4 Å². The second-order valence-electron chi connectivity index (χ2n) is 11.7. The smallest absolute Gasteiger partial charge is 0.149 e. The van der Waals surface area contributed by atoms with Gasteiger partial charge in [0.25, 0.3) is 0 Å². The molecule has 0 bridgehead atoms. The molecule has 0 atom stereocenters. The molecule has 4 aromatic heterocycles. The van der Waals surface area contributed by atoms with Gasteiger partial charge in [-0.05, 0) is 59.4 Å². The number of pyridine rings is 2. The Bertz CT molecular complexity index is 2300. The molecule has 0 saturated carbocycles. The van der Waals surface area contributed by atoms with Crippen molar-refractivity contribution in [2.24, 2.45) is 0 Å². The van der Waals surface area contributed by atoms with Crippen LogP contribution in [-0.2, 0) is 0 Å². The fraction of sp³-hybridized carbons (Fsp3) is 0.162. The van der Waals surface area contributed by atoms with Gasteiger partial charge in [-0.25, -0.2) is 4.98 Å². The number of benzene rings is 4. The normalized spacial score (nSPS) is 12.2. The van der Waals surface area contributed by atoms with E-state index in [1.807, 2.05) is 18.5 Å². The second-order valence-corrected chi connectivity index (χ2v) is 11.7. The Kier molecular flexibility index (Phi) is 5.45. The highest BCUT2D eigenvalue weighted by atomic mass is 16.3. The summed E-state index contributed by atoms with van der Waals surface area (Å²) in [4.78, 5) is 14.4. The van der Waals surface area contributed by atoms with Crippen LogP contribution in [0.1, 0.15) is 50.7 Å². The molecule has 8 aromatic rings. The lowest BCUT2D eigenvalue weighted by atomic mass is 9.92. The van der Waals surface area contributed by atoms with E-state index in [1.165, 1.54) is 16.8 Å². The summed E-state index contributed by atoms with van der Waals surface area (Å²) in [6.45, 7) is 9.05. The molecule has 42 heavy (non-hydrogen) atoms. The molecule has 8 rings (SSSR count). The number of imidazole rings is 1. The number of hydrogen-bond donors (Lipinski definition) is 0. The van der Waals surface area contributed by atoms with Gasteiger partial charge in [-0.2, -0.15) is 0 Å². The molecule has 204 valence electrons. The summed E-state index contributed by atoms with van der Waals surface area (Å²) in [5.74, 6) is 1.58. The number of para-hydroxylation sites is 4. The first-order chi connectivity index (χ1) is 20.5. The summed E-state index contributed by atoms with van der Waals surface area (Å²) < 4.78 is 9.10. The highest BCUT2D eigenvalue weighted by molar-refractivity contribution is 6.16. The molecule has 5 nitrogen and oxygen atoms in total. The van der Waals surface area contributed by atoms with Gasteiger partial charge < -0.3 is 4.42 Å². The van der Waals surface area contributed by atoms with Crippen LogP contribution in [0.25, 0.3) is 71.7 Å². The van der Waals surface area contributed by atoms with Gasteiger partial charge in [0.2, 0.25) is 0 Å². The minimum atomic E-state index is 0.346. The molecule has 0 spiro atoms. The fourth-order valence-corrected chi connectivity index (χ4v) is 6.42. The summed E-state index contributed by atoms with van der Waals surface area (Å²) in [5, 5.41) is 5.26. The van der Waals surface area contributed by atoms with Crippen molar-refractivity contribution in [3.05, 3.63) is 109 Å². The summed E-state index contributed by atoms with van der Waals surface area (Å²) >= 11 is 0. The standard InChI is InChI=1S/C37H30N4O/c1-21(2)24-9-7-10-25(22(3)4)35(24)41-33-14-6-5-13-31(33)40-37(41)27-12-8-11-26-29-17-32-28(18-34(29)42-36(26)27)30-20-38-16-15-23(30)19-39-32/h5-22H,1-4H3. The molecule has 0 fully saturated rings. The van der Waals surface area contributed by atoms with Gasteiger partial charge in [0.1, 0.15) is 17.0 Å². The molecule has 0 aliphatic rings. The van der Waals surface area contributed by atoms with Gasteiger partial charge in [-0.1, -0.05) is 70.2 Å². The molecular weight excluding hydrogens is 516 g/mol. The van der Waals surface area contributed by atoms with Crippen LogP contribution in [0.4, 0.5) is 0 Å². The van der Waals surface area contributed by atoms with Crippen molar-refractivity contribution in [2.45, 2.75) is 39.5 Å². The summed E-state index contributed by atoms with van der Waals surface area (Å²) in [6, 6.07) is 27.7. The van der Waals surface area contributed by atoms with Crippen LogP contribution in [-0.4, -0.2) is 19.5 Å². The molecule has 5 heteroatoms. The molecule has 0 unspecified atom stereocenters. The van der Waals surface area contributed by atoms with Crippen LogP contribution >= 0.6 is 0 Å². The maximum Gasteiger partial charge on any atom is 0.149 e. The quantitative estimate of drug-likeness (QED) is 0.206. The SMILES string of the molecule is CC(C)c1cccc(C(C)C)c1-n1c(-c2cccc3c2oc2cc4c(cc23)ncc2ccncc24)nc2ccccc21. The third kappa shape index (κ3) is 3.59. The van der Waals surface area contributed by atoms with Crippen molar-refractivity contribution in [1.29, 1.82) is 0 Å². The highest BCUT2D eigenvalue weighted by Gasteiger charge is 2.24. The second kappa shape index (κ2) is 9.25. The minimum absolute atomic E-state index is 0.346. The van der Waals surface area contributed by atoms with Crippen molar-refractivity contribution in [3.8, 4) is 17.1 Å². The van der Waals surface area contributed by atoms with Crippen LogP contribution in [0.15, 0.2) is 102 Å². The summed E-state index contributed by atoms with van der Waals surface area (Å²) in [6.07, 6.45) is 5.62. The fourth-order valence-electron chi connectivity index (χ4n) is 6.42. The van der Waals surface area contributed by atoms with Crippen LogP contribution < -0.4 is 0 Å². The van der Waals surface area contributed by atoms with Gasteiger partial charge in [-0.15, -0.1) is 0 Å². The van der Waals surface area contributed by atoms with Gasteiger partial charge in [0.05, 0.1) is 27.8 Å². The topological polar surface area (TPSA) is 56.7 Å². The Balaban J connectivity index is 1.47. The van der Waals surface area contributed by atoms with Crippen molar-refractivity contribution in [2.75, 3.05) is 0 Å². The number of fused-ring (bicyclic) bond motifs is 7. The largest absolute Gasteiger partial charge is 0.455 e. The number of nitrogens with zero attached hydrogens (tertiary/aromatic N) is 4. The average Bonchev–Trinajstić information content (AvgIpc) is 3.57. The molecule has 0 N–H and O–H groups in total. The van der Waals surface area contributed by atoms with Gasteiger partial charge >= 0.3 is 0 Å². The molecule has 4 heterocycles. The van der Waals surface area contributed by atoms with Gasteiger partial charge in [0.15, 0.2) is 0 Å². The van der Waals surface area contributed by atoms with E-state index in [0.29, 0.717) is 11.8 Å². The van der Waals surface area contributed by atoms with Crippen molar-refractivity contribution in [1.82, 2.24) is 19.5 Å². The Morgan fingerprint density at radius 1 is 0.690 bits per heavy atom. The third-order valence-electron chi connectivity index (χ3n) is 8.47. The molecule has 0 saturated heterocycles. The maximum absolute atomic E-state index is 6.74. The first-order valence-electron chi connectivity index (χ1n) is 14.6. The van der Waals surface area contributed by atoms with E-state index in [-0.39, 0.29) is 0 Å². The Labute approximate surface area is 243 Å². The van der Waals surface area contributed by atoms with Crippen molar-refractivity contribution in [3.63, 3.8) is 0 Å². The van der Waals surface area contributed by atoms with Gasteiger partial charge in [0, 0.05) is 45.5 Å². The third-order valence-corrected chi connectivity index (χ3v) is 8.47. The summed E-state index contributed by atoms with van der Waals surface area (Å²) in [7, 11) is 0. The number of rotatable bonds is 4. The van der Waals surface area contributed by atoms with E-state index in [0.717, 1.165) is 66.0 Å². The zero-order valence-electron chi connectivity index (χ0n) is 24.1. The van der Waals surface area contributed by atoms with Crippen LogP contribution in [0.3, 0.4) is 0 Å². The first kappa shape index (κ1) is 24.7. The highest BCUT2D eigenvalue weighted by Crippen LogP contribution is 2.41.